The van der Waals surface area contributed by atoms with Gasteiger partial charge in [-0.1, -0.05) is 12.1 Å². The standard InChI is InChI=1S/C15H23NO2/c1-10-7-8-12(15(17-4)11(10)2)14(16-3)13-6-5-9-18-13/h7-8,13-14,16H,5-6,9H2,1-4H3. The number of nitrogens with one attached hydrogen (secondary N) is 1. The molecule has 1 aromatic rings. The lowest BCUT2D eigenvalue weighted by molar-refractivity contribution is 0.0799. The van der Waals surface area contributed by atoms with Crippen LogP contribution >= 0.6 is 0 Å². The topological polar surface area (TPSA) is 30.5 Å². The van der Waals surface area contributed by atoms with Gasteiger partial charge in [-0.15, -0.1) is 0 Å². The molecule has 0 radical (unpaired) electrons. The fourth-order valence-electron chi connectivity index (χ4n) is 2.73. The van der Waals surface area contributed by atoms with E-state index >= 15 is 0 Å². The van der Waals surface area contributed by atoms with Crippen LogP contribution in [0.4, 0.5) is 0 Å². The van der Waals surface area contributed by atoms with Gasteiger partial charge in [-0.25, -0.2) is 0 Å². The lowest BCUT2D eigenvalue weighted by Crippen LogP contribution is -2.29. The Balaban J connectivity index is 2.38. The molecule has 1 saturated heterocycles. The van der Waals surface area contributed by atoms with E-state index in [1.54, 1.807) is 7.11 Å². The first kappa shape index (κ1) is 13.4. The molecule has 100 valence electrons. The summed E-state index contributed by atoms with van der Waals surface area (Å²) in [4.78, 5) is 0. The Hall–Kier alpha value is -1.06. The van der Waals surface area contributed by atoms with Gasteiger partial charge in [-0.2, -0.15) is 0 Å². The van der Waals surface area contributed by atoms with Gasteiger partial charge in [0.1, 0.15) is 5.75 Å². The molecule has 1 aliphatic rings. The van der Waals surface area contributed by atoms with E-state index < -0.39 is 0 Å². The van der Waals surface area contributed by atoms with Crippen molar-refractivity contribution in [3.63, 3.8) is 0 Å². The van der Waals surface area contributed by atoms with Crippen molar-refractivity contribution in [3.05, 3.63) is 28.8 Å². The molecule has 2 rings (SSSR count). The molecule has 0 aromatic heterocycles. The molecule has 1 N–H and O–H groups in total. The lowest BCUT2D eigenvalue weighted by Gasteiger charge is -2.26. The Labute approximate surface area is 109 Å². The minimum atomic E-state index is 0.210. The summed E-state index contributed by atoms with van der Waals surface area (Å²) in [5.41, 5.74) is 3.68. The number of likely N-dealkylation sites (N-methyl/N-ethyl adjacent to an activating group) is 1. The van der Waals surface area contributed by atoms with Gasteiger partial charge in [-0.05, 0) is 44.9 Å². The van der Waals surface area contributed by atoms with Gasteiger partial charge in [0.15, 0.2) is 0 Å². The van der Waals surface area contributed by atoms with Crippen LogP contribution in [0.25, 0.3) is 0 Å². The molecule has 0 amide bonds. The summed E-state index contributed by atoms with van der Waals surface area (Å²) < 4.78 is 11.4. The summed E-state index contributed by atoms with van der Waals surface area (Å²) in [5.74, 6) is 0.991. The first-order chi connectivity index (χ1) is 8.69. The third kappa shape index (κ3) is 2.38. The predicted molar refractivity (Wildman–Crippen MR) is 73.2 cm³/mol. The molecular formula is C15H23NO2. The highest BCUT2D eigenvalue weighted by molar-refractivity contribution is 5.47. The molecule has 2 unspecified atom stereocenters. The largest absolute Gasteiger partial charge is 0.496 e. The number of methoxy groups -OCH3 is 1. The van der Waals surface area contributed by atoms with Crippen LogP contribution in [0.2, 0.25) is 0 Å². The quantitative estimate of drug-likeness (QED) is 0.890. The fraction of sp³-hybridized carbons (Fsp3) is 0.600. The Bertz CT molecular complexity index is 411. The molecule has 0 bridgehead atoms. The fourth-order valence-corrected chi connectivity index (χ4v) is 2.73. The van der Waals surface area contributed by atoms with E-state index in [9.17, 15) is 0 Å². The molecule has 1 heterocycles. The molecule has 18 heavy (non-hydrogen) atoms. The van der Waals surface area contributed by atoms with E-state index in [4.69, 9.17) is 9.47 Å². The number of hydrogen-bond acceptors (Lipinski definition) is 3. The lowest BCUT2D eigenvalue weighted by atomic mass is 9.94. The van der Waals surface area contributed by atoms with Gasteiger partial charge < -0.3 is 14.8 Å². The third-order valence-corrected chi connectivity index (χ3v) is 3.89. The maximum absolute atomic E-state index is 5.81. The number of aryl methyl sites for hydroxylation is 1. The van der Waals surface area contributed by atoms with Crippen molar-refractivity contribution in [2.45, 2.75) is 38.8 Å². The second-order valence-corrected chi connectivity index (χ2v) is 4.95. The van der Waals surface area contributed by atoms with E-state index in [1.807, 2.05) is 7.05 Å². The maximum Gasteiger partial charge on any atom is 0.126 e. The van der Waals surface area contributed by atoms with Crippen LogP contribution in [0.3, 0.4) is 0 Å². The van der Waals surface area contributed by atoms with Crippen molar-refractivity contribution >= 4 is 0 Å². The van der Waals surface area contributed by atoms with Gasteiger partial charge in [0, 0.05) is 12.2 Å². The van der Waals surface area contributed by atoms with Gasteiger partial charge in [0.05, 0.1) is 19.3 Å². The highest BCUT2D eigenvalue weighted by Crippen LogP contribution is 2.35. The van der Waals surface area contributed by atoms with Crippen LogP contribution in [0, 0.1) is 13.8 Å². The van der Waals surface area contributed by atoms with Crippen LogP contribution in [0.1, 0.15) is 35.6 Å². The van der Waals surface area contributed by atoms with Crippen LogP contribution in [-0.4, -0.2) is 26.9 Å². The van der Waals surface area contributed by atoms with E-state index in [2.05, 4.69) is 31.3 Å². The van der Waals surface area contributed by atoms with Gasteiger partial charge in [0.2, 0.25) is 0 Å². The molecule has 0 saturated carbocycles. The molecule has 1 fully saturated rings. The van der Waals surface area contributed by atoms with E-state index in [1.165, 1.54) is 16.7 Å². The number of benzene rings is 1. The van der Waals surface area contributed by atoms with Gasteiger partial charge in [-0.3, -0.25) is 0 Å². The Kier molecular flexibility index (Phi) is 4.25. The predicted octanol–water partition coefficient (Wildman–Crippen LogP) is 2.75. The number of rotatable bonds is 4. The summed E-state index contributed by atoms with van der Waals surface area (Å²) in [5, 5.41) is 3.38. The zero-order valence-corrected chi connectivity index (χ0v) is 11.7. The minimum absolute atomic E-state index is 0.210. The zero-order valence-electron chi connectivity index (χ0n) is 11.7. The first-order valence-corrected chi connectivity index (χ1v) is 6.62. The molecule has 3 heteroatoms. The van der Waals surface area contributed by atoms with E-state index in [-0.39, 0.29) is 12.1 Å². The van der Waals surface area contributed by atoms with Crippen molar-refractivity contribution in [2.75, 3.05) is 20.8 Å². The second-order valence-electron chi connectivity index (χ2n) is 4.95. The maximum atomic E-state index is 5.81. The Morgan fingerprint density at radius 3 is 2.72 bits per heavy atom. The van der Waals surface area contributed by atoms with Crippen LogP contribution in [-0.2, 0) is 4.74 Å². The minimum Gasteiger partial charge on any atom is -0.496 e. The Morgan fingerprint density at radius 1 is 1.39 bits per heavy atom. The summed E-state index contributed by atoms with van der Waals surface area (Å²) in [7, 11) is 3.73. The molecule has 0 spiro atoms. The Morgan fingerprint density at radius 2 is 2.17 bits per heavy atom. The monoisotopic (exact) mass is 249 g/mol. The van der Waals surface area contributed by atoms with Crippen molar-refractivity contribution in [1.82, 2.24) is 5.32 Å². The summed E-state index contributed by atoms with van der Waals surface area (Å²) in [6.45, 7) is 5.10. The van der Waals surface area contributed by atoms with Crippen molar-refractivity contribution in [3.8, 4) is 5.75 Å². The van der Waals surface area contributed by atoms with Crippen molar-refractivity contribution < 1.29 is 9.47 Å². The zero-order chi connectivity index (χ0) is 13.1. The summed E-state index contributed by atoms with van der Waals surface area (Å²) >= 11 is 0. The van der Waals surface area contributed by atoms with Crippen LogP contribution in [0.15, 0.2) is 12.1 Å². The van der Waals surface area contributed by atoms with Crippen LogP contribution in [0.5, 0.6) is 5.75 Å². The third-order valence-electron chi connectivity index (χ3n) is 3.89. The van der Waals surface area contributed by atoms with Gasteiger partial charge >= 0.3 is 0 Å². The van der Waals surface area contributed by atoms with Crippen molar-refractivity contribution in [1.29, 1.82) is 0 Å². The van der Waals surface area contributed by atoms with Crippen molar-refractivity contribution in [2.24, 2.45) is 0 Å². The molecule has 1 aromatic carbocycles. The highest BCUT2D eigenvalue weighted by Gasteiger charge is 2.28. The van der Waals surface area contributed by atoms with Crippen LogP contribution < -0.4 is 10.1 Å². The molecular weight excluding hydrogens is 226 g/mol. The highest BCUT2D eigenvalue weighted by atomic mass is 16.5. The SMILES string of the molecule is CNC(c1ccc(C)c(C)c1OC)C1CCCO1. The molecule has 0 aliphatic carbocycles. The normalized spacial score (nSPS) is 21.0. The van der Waals surface area contributed by atoms with Gasteiger partial charge in [0.25, 0.3) is 0 Å². The summed E-state index contributed by atoms with van der Waals surface area (Å²) in [6.07, 6.45) is 2.52. The molecule has 1 aliphatic heterocycles. The van der Waals surface area contributed by atoms with E-state index in [0.29, 0.717) is 0 Å². The first-order valence-electron chi connectivity index (χ1n) is 6.62. The summed E-state index contributed by atoms with van der Waals surface area (Å²) in [6, 6.07) is 4.53. The molecule has 3 nitrogen and oxygen atoms in total. The number of hydrogen-bond donors (Lipinski definition) is 1. The smallest absolute Gasteiger partial charge is 0.126 e. The average molecular weight is 249 g/mol. The average Bonchev–Trinajstić information content (AvgIpc) is 2.89. The molecule has 2 atom stereocenters. The second kappa shape index (κ2) is 5.72. The number of ether oxygens (including phenoxy) is 2. The van der Waals surface area contributed by atoms with E-state index in [0.717, 1.165) is 25.2 Å².